The van der Waals surface area contributed by atoms with E-state index in [1.807, 2.05) is 0 Å². The second kappa shape index (κ2) is 6.19. The molecule has 0 radical (unpaired) electrons. The van der Waals surface area contributed by atoms with Gasteiger partial charge in [-0.1, -0.05) is 32.1 Å². The average Bonchev–Trinajstić information content (AvgIpc) is 2.58. The van der Waals surface area contributed by atoms with Crippen LogP contribution in [0.3, 0.4) is 0 Å². The Kier molecular flexibility index (Phi) is 4.87. The summed E-state index contributed by atoms with van der Waals surface area (Å²) in [5, 5.41) is 14.3. The molecule has 0 aromatic carbocycles. The van der Waals surface area contributed by atoms with Crippen LogP contribution in [0.1, 0.15) is 71.1 Å². The van der Waals surface area contributed by atoms with Crippen molar-refractivity contribution in [2.75, 3.05) is 6.54 Å². The van der Waals surface area contributed by atoms with Crippen LogP contribution < -0.4 is 5.32 Å². The quantitative estimate of drug-likeness (QED) is 0.741. The van der Waals surface area contributed by atoms with E-state index >= 15 is 0 Å². The van der Waals surface area contributed by atoms with Crippen LogP contribution in [-0.4, -0.2) is 23.3 Å². The van der Waals surface area contributed by atoms with Crippen molar-refractivity contribution in [3.63, 3.8) is 0 Å². The van der Waals surface area contributed by atoms with E-state index < -0.39 is 5.60 Å². The average molecular weight is 239 g/mol. The minimum Gasteiger partial charge on any atom is -0.390 e. The third-order valence-corrected chi connectivity index (χ3v) is 4.81. The first kappa shape index (κ1) is 13.4. The Hall–Kier alpha value is -0.0800. The highest BCUT2D eigenvalue weighted by Crippen LogP contribution is 2.35. The van der Waals surface area contributed by atoms with Crippen molar-refractivity contribution in [3.8, 4) is 0 Å². The molecule has 0 spiro atoms. The smallest absolute Gasteiger partial charge is 0.0662 e. The Bertz CT molecular complexity index is 213. The van der Waals surface area contributed by atoms with Gasteiger partial charge in [-0.25, -0.2) is 0 Å². The van der Waals surface area contributed by atoms with Crippen LogP contribution in [0.2, 0.25) is 0 Å². The molecule has 1 heterocycles. The van der Waals surface area contributed by atoms with Gasteiger partial charge in [0, 0.05) is 6.04 Å². The van der Waals surface area contributed by atoms with Gasteiger partial charge < -0.3 is 10.4 Å². The van der Waals surface area contributed by atoms with E-state index in [0.29, 0.717) is 12.0 Å². The zero-order valence-electron chi connectivity index (χ0n) is 11.4. The summed E-state index contributed by atoms with van der Waals surface area (Å²) in [6.07, 6.45) is 12.7. The fourth-order valence-corrected chi connectivity index (χ4v) is 3.66. The molecule has 2 fully saturated rings. The lowest BCUT2D eigenvalue weighted by atomic mass is 9.78. The fourth-order valence-electron chi connectivity index (χ4n) is 3.66. The molecule has 2 aliphatic rings. The molecule has 2 rings (SSSR count). The van der Waals surface area contributed by atoms with E-state index in [2.05, 4.69) is 12.2 Å². The van der Waals surface area contributed by atoms with Crippen molar-refractivity contribution in [1.82, 2.24) is 5.32 Å². The van der Waals surface area contributed by atoms with E-state index in [0.717, 1.165) is 13.0 Å². The first-order valence-corrected chi connectivity index (χ1v) is 7.64. The predicted octanol–water partition coefficient (Wildman–Crippen LogP) is 3.24. The highest BCUT2D eigenvalue weighted by molar-refractivity contribution is 4.88. The molecule has 1 aliphatic carbocycles. The van der Waals surface area contributed by atoms with E-state index in [1.165, 1.54) is 57.8 Å². The van der Waals surface area contributed by atoms with Crippen LogP contribution in [0, 0.1) is 5.92 Å². The number of hydrogen-bond donors (Lipinski definition) is 2. The van der Waals surface area contributed by atoms with Gasteiger partial charge in [0.05, 0.1) is 5.60 Å². The van der Waals surface area contributed by atoms with E-state index in [9.17, 15) is 5.11 Å². The first-order chi connectivity index (χ1) is 8.18. The number of rotatable bonds is 3. The van der Waals surface area contributed by atoms with Crippen molar-refractivity contribution < 1.29 is 5.11 Å². The second-order valence-electron chi connectivity index (χ2n) is 6.40. The molecular weight excluding hydrogens is 210 g/mol. The maximum absolute atomic E-state index is 10.8. The Labute approximate surface area is 106 Å². The molecular formula is C15H29NO. The van der Waals surface area contributed by atoms with Gasteiger partial charge >= 0.3 is 0 Å². The molecule has 1 saturated heterocycles. The molecule has 1 aliphatic heterocycles. The van der Waals surface area contributed by atoms with Crippen LogP contribution in [0.25, 0.3) is 0 Å². The summed E-state index contributed by atoms with van der Waals surface area (Å²) in [4.78, 5) is 0. The van der Waals surface area contributed by atoms with Crippen LogP contribution in [-0.2, 0) is 0 Å². The van der Waals surface area contributed by atoms with Gasteiger partial charge in [-0.15, -0.1) is 0 Å². The van der Waals surface area contributed by atoms with E-state index in [1.54, 1.807) is 0 Å². The SMILES string of the molecule is CC(O)(CC1CCCCN1)C1CCCCCC1. The second-order valence-corrected chi connectivity index (χ2v) is 6.40. The molecule has 2 nitrogen and oxygen atoms in total. The molecule has 2 N–H and O–H groups in total. The number of nitrogens with one attached hydrogen (secondary N) is 1. The first-order valence-electron chi connectivity index (χ1n) is 7.64. The number of aliphatic hydroxyl groups is 1. The molecule has 2 heteroatoms. The summed E-state index contributed by atoms with van der Waals surface area (Å²) in [6.45, 7) is 3.23. The fraction of sp³-hybridized carbons (Fsp3) is 1.00. The number of hydrogen-bond acceptors (Lipinski definition) is 2. The molecule has 0 aromatic heterocycles. The van der Waals surface area contributed by atoms with Crippen LogP contribution in [0.5, 0.6) is 0 Å². The molecule has 0 bridgehead atoms. The molecule has 2 unspecified atom stereocenters. The molecule has 1 saturated carbocycles. The summed E-state index contributed by atoms with van der Waals surface area (Å²) in [6, 6.07) is 0.557. The topological polar surface area (TPSA) is 32.3 Å². The van der Waals surface area contributed by atoms with Gasteiger partial charge in [-0.05, 0) is 51.5 Å². The van der Waals surface area contributed by atoms with Crippen molar-refractivity contribution in [2.24, 2.45) is 5.92 Å². The molecule has 0 amide bonds. The Balaban J connectivity index is 1.86. The third-order valence-electron chi connectivity index (χ3n) is 4.81. The van der Waals surface area contributed by atoms with Crippen LogP contribution >= 0.6 is 0 Å². The zero-order valence-corrected chi connectivity index (χ0v) is 11.4. The lowest BCUT2D eigenvalue weighted by molar-refractivity contribution is -0.0251. The van der Waals surface area contributed by atoms with Gasteiger partial charge in [-0.3, -0.25) is 0 Å². The lowest BCUT2D eigenvalue weighted by Gasteiger charge is -2.37. The highest BCUT2D eigenvalue weighted by Gasteiger charge is 2.34. The monoisotopic (exact) mass is 239 g/mol. The summed E-state index contributed by atoms with van der Waals surface area (Å²) in [7, 11) is 0. The third kappa shape index (κ3) is 3.96. The van der Waals surface area contributed by atoms with Gasteiger partial charge in [0.2, 0.25) is 0 Å². The van der Waals surface area contributed by atoms with Crippen molar-refractivity contribution in [1.29, 1.82) is 0 Å². The standard InChI is InChI=1S/C15H29NO/c1-15(17,12-14-10-6-7-11-16-14)13-8-4-2-3-5-9-13/h13-14,16-17H,2-12H2,1H3. The zero-order chi connectivity index (χ0) is 12.1. The van der Waals surface area contributed by atoms with Crippen molar-refractivity contribution in [2.45, 2.75) is 82.8 Å². The molecule has 2 atom stereocenters. The van der Waals surface area contributed by atoms with Crippen molar-refractivity contribution >= 4 is 0 Å². The van der Waals surface area contributed by atoms with Crippen LogP contribution in [0.4, 0.5) is 0 Å². The maximum atomic E-state index is 10.8. The van der Waals surface area contributed by atoms with Gasteiger partial charge in [0.1, 0.15) is 0 Å². The lowest BCUT2D eigenvalue weighted by Crippen LogP contribution is -2.44. The normalized spacial score (nSPS) is 31.8. The summed E-state index contributed by atoms with van der Waals surface area (Å²) in [5.74, 6) is 0.536. The summed E-state index contributed by atoms with van der Waals surface area (Å²) in [5.41, 5.74) is -0.445. The largest absolute Gasteiger partial charge is 0.390 e. The molecule has 17 heavy (non-hydrogen) atoms. The summed E-state index contributed by atoms with van der Waals surface area (Å²) >= 11 is 0. The minimum absolute atomic E-state index is 0.445. The van der Waals surface area contributed by atoms with E-state index in [-0.39, 0.29) is 0 Å². The highest BCUT2D eigenvalue weighted by atomic mass is 16.3. The summed E-state index contributed by atoms with van der Waals surface area (Å²) < 4.78 is 0. The predicted molar refractivity (Wildman–Crippen MR) is 72.1 cm³/mol. The Morgan fingerprint density at radius 2 is 1.65 bits per heavy atom. The number of piperidine rings is 1. The van der Waals surface area contributed by atoms with Gasteiger partial charge in [-0.2, -0.15) is 0 Å². The Morgan fingerprint density at radius 1 is 1.00 bits per heavy atom. The van der Waals surface area contributed by atoms with Crippen LogP contribution in [0.15, 0.2) is 0 Å². The van der Waals surface area contributed by atoms with E-state index in [4.69, 9.17) is 0 Å². The molecule has 0 aromatic rings. The van der Waals surface area contributed by atoms with Crippen molar-refractivity contribution in [3.05, 3.63) is 0 Å². The molecule has 100 valence electrons. The maximum Gasteiger partial charge on any atom is 0.0662 e. The Morgan fingerprint density at radius 3 is 2.24 bits per heavy atom. The van der Waals surface area contributed by atoms with Gasteiger partial charge in [0.15, 0.2) is 0 Å². The minimum atomic E-state index is -0.445. The van der Waals surface area contributed by atoms with Gasteiger partial charge in [0.25, 0.3) is 0 Å².